The maximum Gasteiger partial charge on any atom is 0.123 e. The highest BCUT2D eigenvalue weighted by molar-refractivity contribution is 5.98. The second-order valence-corrected chi connectivity index (χ2v) is 10.8. The van der Waals surface area contributed by atoms with Crippen LogP contribution in [-0.2, 0) is 0 Å². The average Bonchev–Trinajstić information content (AvgIpc) is 3.62. The number of halogens is 1. The van der Waals surface area contributed by atoms with E-state index < -0.39 is 0 Å². The van der Waals surface area contributed by atoms with E-state index in [4.69, 9.17) is 0 Å². The summed E-state index contributed by atoms with van der Waals surface area (Å²) < 4.78 is 13.6. The summed E-state index contributed by atoms with van der Waals surface area (Å²) in [4.78, 5) is 8.02. The van der Waals surface area contributed by atoms with Crippen LogP contribution in [0.2, 0.25) is 0 Å². The number of fused-ring (bicyclic) bond motifs is 1. The topological polar surface area (TPSA) is 69.4 Å². The van der Waals surface area contributed by atoms with Crippen molar-refractivity contribution in [2.24, 2.45) is 5.92 Å². The zero-order valence-corrected chi connectivity index (χ0v) is 23.3. The number of hydrogen-bond acceptors (Lipinski definition) is 3. The molecule has 5 aromatic rings. The van der Waals surface area contributed by atoms with Crippen molar-refractivity contribution in [3.05, 3.63) is 108 Å². The van der Waals surface area contributed by atoms with E-state index in [0.29, 0.717) is 5.92 Å². The molecule has 0 atom stereocenters. The zero-order valence-electron chi connectivity index (χ0n) is 23.3. The number of hydrogen-bond donors (Lipinski definition) is 3. The molecule has 2 aromatic carbocycles. The first-order valence-corrected chi connectivity index (χ1v) is 14.2. The summed E-state index contributed by atoms with van der Waals surface area (Å²) in [5.41, 5.74) is 8.40. The smallest absolute Gasteiger partial charge is 0.123 e. The van der Waals surface area contributed by atoms with Gasteiger partial charge in [-0.1, -0.05) is 62.8 Å². The van der Waals surface area contributed by atoms with Gasteiger partial charge in [-0.15, -0.1) is 0 Å². The summed E-state index contributed by atoms with van der Waals surface area (Å²) in [6.45, 7) is 10.7. The van der Waals surface area contributed by atoms with E-state index in [-0.39, 0.29) is 5.82 Å². The fourth-order valence-corrected chi connectivity index (χ4v) is 5.78. The monoisotopic (exact) mass is 543 g/mol. The summed E-state index contributed by atoms with van der Waals surface area (Å²) in [5.74, 6) is 0.264. The van der Waals surface area contributed by atoms with Crippen LogP contribution < -0.4 is 15.9 Å². The van der Waals surface area contributed by atoms with Crippen LogP contribution in [0.15, 0.2) is 85.8 Å². The Hall–Kier alpha value is -4.71. The number of rotatable bonds is 7. The van der Waals surface area contributed by atoms with Crippen molar-refractivity contribution in [2.45, 2.75) is 39.0 Å². The van der Waals surface area contributed by atoms with Crippen molar-refractivity contribution in [1.82, 2.24) is 20.2 Å². The third kappa shape index (κ3) is 5.50. The molecule has 0 spiro atoms. The Kier molecular flexibility index (Phi) is 7.38. The molecular weight excluding hydrogens is 509 g/mol. The number of pyridine rings is 1. The highest BCUT2D eigenvalue weighted by atomic mass is 19.1. The lowest BCUT2D eigenvalue weighted by Gasteiger charge is -2.24. The number of benzene rings is 2. The van der Waals surface area contributed by atoms with Gasteiger partial charge in [0.2, 0.25) is 0 Å². The lowest BCUT2D eigenvalue weighted by Crippen LogP contribution is -2.23. The summed E-state index contributed by atoms with van der Waals surface area (Å²) in [6.07, 6.45) is 14.0. The van der Waals surface area contributed by atoms with Crippen molar-refractivity contribution in [3.63, 3.8) is 0 Å². The van der Waals surface area contributed by atoms with Gasteiger partial charge in [0, 0.05) is 33.6 Å². The second-order valence-electron chi connectivity index (χ2n) is 10.8. The standard InChI is InChI=1S/C35H34FN5/c1-4-32-31(17-22(2)26-18-28(21-37-20-26)38-23(3)24-9-6-5-7-10-24)35(41-40-32)34-19-30-29(11-8-12-33(30)39-34)25-13-15-27(36)16-14-25/h4,8,11-21,24,38-40H,2-3,5-7,9-10H2,1H3/b31-17+,32-4+. The van der Waals surface area contributed by atoms with Gasteiger partial charge < -0.3 is 10.3 Å². The van der Waals surface area contributed by atoms with Gasteiger partial charge in [0.15, 0.2) is 0 Å². The van der Waals surface area contributed by atoms with Gasteiger partial charge in [-0.25, -0.2) is 4.39 Å². The van der Waals surface area contributed by atoms with Gasteiger partial charge in [0.05, 0.1) is 22.9 Å². The molecule has 3 heterocycles. The maximum absolute atomic E-state index is 13.6. The highest BCUT2D eigenvalue weighted by Gasteiger charge is 2.17. The van der Waals surface area contributed by atoms with E-state index in [9.17, 15) is 4.39 Å². The molecule has 0 unspecified atom stereocenters. The molecule has 206 valence electrons. The van der Waals surface area contributed by atoms with Gasteiger partial charge in [0.1, 0.15) is 11.5 Å². The highest BCUT2D eigenvalue weighted by Crippen LogP contribution is 2.32. The molecule has 0 amide bonds. The van der Waals surface area contributed by atoms with E-state index in [1.165, 1.54) is 44.2 Å². The quantitative estimate of drug-likeness (QED) is 0.198. The number of anilines is 1. The van der Waals surface area contributed by atoms with Crippen LogP contribution in [0.1, 0.15) is 44.6 Å². The molecule has 41 heavy (non-hydrogen) atoms. The molecule has 3 N–H and O–H groups in total. The normalized spacial score (nSPS) is 15.0. The Bertz CT molecular complexity index is 1850. The van der Waals surface area contributed by atoms with E-state index in [2.05, 4.69) is 62.9 Å². The molecule has 6 rings (SSSR count). The fourth-order valence-electron chi connectivity index (χ4n) is 5.78. The number of nitrogens with one attached hydrogen (secondary N) is 3. The first kappa shape index (κ1) is 26.5. The molecule has 0 aliphatic heterocycles. The number of aromatic amines is 2. The molecule has 1 aliphatic carbocycles. The summed E-state index contributed by atoms with van der Waals surface area (Å²) in [7, 11) is 0. The van der Waals surface area contributed by atoms with Crippen LogP contribution in [0.4, 0.5) is 10.1 Å². The van der Waals surface area contributed by atoms with Crippen LogP contribution in [0.3, 0.4) is 0 Å². The SMILES string of the molecule is C=C(/C=c1/c(-c2cc3c(-c4ccc(F)cc4)cccc3[nH]2)n[nH]/c1=C/C)c1cncc(NC(=C)C2CCCCC2)c1. The van der Waals surface area contributed by atoms with E-state index in [1.807, 2.05) is 37.5 Å². The van der Waals surface area contributed by atoms with Crippen molar-refractivity contribution in [3.8, 4) is 22.5 Å². The molecule has 0 saturated heterocycles. The molecule has 3 aromatic heterocycles. The number of aromatic nitrogens is 4. The number of H-pyrrole nitrogens is 2. The zero-order chi connectivity index (χ0) is 28.3. The Morgan fingerprint density at radius 2 is 1.83 bits per heavy atom. The van der Waals surface area contributed by atoms with Crippen LogP contribution in [-0.4, -0.2) is 20.2 Å². The second kappa shape index (κ2) is 11.4. The molecule has 1 aliphatic rings. The third-order valence-corrected chi connectivity index (χ3v) is 8.03. The first-order valence-electron chi connectivity index (χ1n) is 14.2. The molecule has 1 fully saturated rings. The van der Waals surface area contributed by atoms with Gasteiger partial charge in [-0.2, -0.15) is 5.10 Å². The molecule has 0 radical (unpaired) electrons. The van der Waals surface area contributed by atoms with Crippen molar-refractivity contribution >= 4 is 34.3 Å². The van der Waals surface area contributed by atoms with Crippen LogP contribution in [0.5, 0.6) is 0 Å². The Balaban J connectivity index is 1.34. The summed E-state index contributed by atoms with van der Waals surface area (Å²) in [6, 6.07) is 16.9. The van der Waals surface area contributed by atoms with Gasteiger partial charge >= 0.3 is 0 Å². The average molecular weight is 544 g/mol. The fraction of sp³-hybridized carbons (Fsp3) is 0.200. The molecule has 1 saturated carbocycles. The molecule has 5 nitrogen and oxygen atoms in total. The van der Waals surface area contributed by atoms with Gasteiger partial charge in [-0.05, 0) is 78.8 Å². The Labute approximate surface area is 239 Å². The first-order chi connectivity index (χ1) is 20.0. The van der Waals surface area contributed by atoms with Crippen LogP contribution in [0.25, 0.3) is 51.1 Å². The Morgan fingerprint density at radius 3 is 2.61 bits per heavy atom. The minimum Gasteiger partial charge on any atom is -0.358 e. The van der Waals surface area contributed by atoms with Gasteiger partial charge in [0.25, 0.3) is 0 Å². The maximum atomic E-state index is 13.6. The number of nitrogens with zero attached hydrogens (tertiary/aromatic N) is 2. The predicted molar refractivity (Wildman–Crippen MR) is 168 cm³/mol. The van der Waals surface area contributed by atoms with E-state index in [0.717, 1.165) is 66.5 Å². The van der Waals surface area contributed by atoms with Crippen molar-refractivity contribution in [2.75, 3.05) is 5.32 Å². The lowest BCUT2D eigenvalue weighted by molar-refractivity contribution is 0.405. The minimum absolute atomic E-state index is 0.248. The van der Waals surface area contributed by atoms with E-state index in [1.54, 1.807) is 12.1 Å². The summed E-state index contributed by atoms with van der Waals surface area (Å²) >= 11 is 0. The lowest BCUT2D eigenvalue weighted by atomic mass is 9.87. The van der Waals surface area contributed by atoms with Crippen LogP contribution >= 0.6 is 0 Å². The van der Waals surface area contributed by atoms with Crippen LogP contribution in [0, 0.1) is 11.7 Å². The third-order valence-electron chi connectivity index (χ3n) is 8.03. The predicted octanol–water partition coefficient (Wildman–Crippen LogP) is 7.56. The van der Waals surface area contributed by atoms with Crippen molar-refractivity contribution < 1.29 is 4.39 Å². The number of allylic oxidation sites excluding steroid dienone is 2. The minimum atomic E-state index is -0.248. The van der Waals surface area contributed by atoms with Crippen molar-refractivity contribution in [1.29, 1.82) is 0 Å². The largest absolute Gasteiger partial charge is 0.358 e. The summed E-state index contributed by atoms with van der Waals surface area (Å²) in [5, 5.41) is 14.2. The molecule has 0 bridgehead atoms. The van der Waals surface area contributed by atoms with E-state index >= 15 is 0 Å². The molecular formula is C35H34FN5. The van der Waals surface area contributed by atoms with Gasteiger partial charge in [-0.3, -0.25) is 10.1 Å². The Morgan fingerprint density at radius 1 is 1.02 bits per heavy atom. The molecule has 6 heteroatoms.